The number of carbonyl (C=O) groups is 1. The van der Waals surface area contributed by atoms with Crippen LogP contribution in [0.2, 0.25) is 0 Å². The van der Waals surface area contributed by atoms with Crippen molar-refractivity contribution in [1.29, 1.82) is 0 Å². The van der Waals surface area contributed by atoms with Crippen molar-refractivity contribution in [3.63, 3.8) is 0 Å². The van der Waals surface area contributed by atoms with Crippen LogP contribution in [-0.4, -0.2) is 6.29 Å². The summed E-state index contributed by atoms with van der Waals surface area (Å²) >= 11 is 3.38. The first kappa shape index (κ1) is 13.8. The average Bonchev–Trinajstić information content (AvgIpc) is 2.47. The van der Waals surface area contributed by atoms with Gasteiger partial charge in [0, 0.05) is 0 Å². The average molecular weight is 319 g/mol. The summed E-state index contributed by atoms with van der Waals surface area (Å²) in [5.41, 5.74) is 2.04. The van der Waals surface area contributed by atoms with Crippen molar-refractivity contribution in [2.75, 3.05) is 0 Å². The summed E-state index contributed by atoms with van der Waals surface area (Å²) in [4.78, 5) is 10.9. The van der Waals surface area contributed by atoms with Gasteiger partial charge in [-0.3, -0.25) is 0 Å². The number of aldehydes is 1. The van der Waals surface area contributed by atoms with Crippen molar-refractivity contribution in [2.45, 2.75) is 17.9 Å². The van der Waals surface area contributed by atoms with Crippen molar-refractivity contribution in [3.05, 3.63) is 65.7 Å². The van der Waals surface area contributed by atoms with Gasteiger partial charge in [-0.2, -0.15) is 0 Å². The summed E-state index contributed by atoms with van der Waals surface area (Å²) in [5, 5.41) is 0. The van der Waals surface area contributed by atoms with Crippen molar-refractivity contribution >= 4 is 22.2 Å². The molecule has 0 aromatic heterocycles. The SMILES string of the molecule is CC(Br)(C=O)c1ccc(OCc2ccccc2)cc1. The molecule has 0 radical (unpaired) electrons. The Kier molecular flexibility index (Phi) is 4.38. The van der Waals surface area contributed by atoms with Crippen LogP contribution in [0.15, 0.2) is 54.6 Å². The number of carbonyl (C=O) groups excluding carboxylic acids is 1. The molecule has 19 heavy (non-hydrogen) atoms. The van der Waals surface area contributed by atoms with Gasteiger partial charge in [-0.15, -0.1) is 0 Å². The van der Waals surface area contributed by atoms with E-state index in [1.165, 1.54) is 0 Å². The third-order valence-electron chi connectivity index (χ3n) is 2.89. The van der Waals surface area contributed by atoms with Gasteiger partial charge in [-0.1, -0.05) is 58.4 Å². The molecule has 0 spiro atoms. The lowest BCUT2D eigenvalue weighted by molar-refractivity contribution is -0.109. The molecule has 1 atom stereocenters. The predicted octanol–water partition coefficient (Wildman–Crippen LogP) is 4.07. The zero-order valence-corrected chi connectivity index (χ0v) is 12.3. The second kappa shape index (κ2) is 6.02. The number of halogens is 1. The molecule has 0 fully saturated rings. The van der Waals surface area contributed by atoms with E-state index in [-0.39, 0.29) is 0 Å². The van der Waals surface area contributed by atoms with Gasteiger partial charge in [0.15, 0.2) is 0 Å². The summed E-state index contributed by atoms with van der Waals surface area (Å²) in [6.07, 6.45) is 0.882. The fourth-order valence-electron chi connectivity index (χ4n) is 1.69. The quantitative estimate of drug-likeness (QED) is 0.613. The summed E-state index contributed by atoms with van der Waals surface area (Å²) in [7, 11) is 0. The molecular formula is C16H15BrO2. The van der Waals surface area contributed by atoms with Gasteiger partial charge < -0.3 is 9.53 Å². The van der Waals surface area contributed by atoms with E-state index < -0.39 is 4.32 Å². The fraction of sp³-hybridized carbons (Fsp3) is 0.188. The highest BCUT2D eigenvalue weighted by molar-refractivity contribution is 9.10. The van der Waals surface area contributed by atoms with Crippen molar-refractivity contribution in [2.24, 2.45) is 0 Å². The van der Waals surface area contributed by atoms with Crippen molar-refractivity contribution < 1.29 is 9.53 Å². The van der Waals surface area contributed by atoms with Gasteiger partial charge in [0.1, 0.15) is 23.0 Å². The minimum Gasteiger partial charge on any atom is -0.489 e. The van der Waals surface area contributed by atoms with Crippen LogP contribution in [0.25, 0.3) is 0 Å². The topological polar surface area (TPSA) is 26.3 Å². The van der Waals surface area contributed by atoms with Crippen LogP contribution < -0.4 is 4.74 Å². The Balaban J connectivity index is 2.01. The second-order valence-corrected chi connectivity index (χ2v) is 6.14. The molecule has 1 unspecified atom stereocenters. The third kappa shape index (κ3) is 3.67. The molecule has 2 aromatic rings. The predicted molar refractivity (Wildman–Crippen MR) is 79.6 cm³/mol. The largest absolute Gasteiger partial charge is 0.489 e. The molecule has 0 bridgehead atoms. The van der Waals surface area contributed by atoms with E-state index in [0.717, 1.165) is 23.2 Å². The van der Waals surface area contributed by atoms with Crippen LogP contribution in [-0.2, 0) is 15.7 Å². The monoisotopic (exact) mass is 318 g/mol. The van der Waals surface area contributed by atoms with Gasteiger partial charge in [0.25, 0.3) is 0 Å². The van der Waals surface area contributed by atoms with E-state index in [4.69, 9.17) is 4.74 Å². The van der Waals surface area contributed by atoms with Gasteiger partial charge in [-0.05, 0) is 30.2 Å². The molecule has 0 N–H and O–H groups in total. The van der Waals surface area contributed by atoms with Crippen LogP contribution in [0.3, 0.4) is 0 Å². The van der Waals surface area contributed by atoms with E-state index in [9.17, 15) is 4.79 Å². The van der Waals surface area contributed by atoms with Crippen LogP contribution in [0, 0.1) is 0 Å². The van der Waals surface area contributed by atoms with Gasteiger partial charge in [0.05, 0.1) is 0 Å². The molecule has 0 aliphatic carbocycles. The molecule has 0 saturated carbocycles. The van der Waals surface area contributed by atoms with E-state index in [1.54, 1.807) is 0 Å². The number of alkyl halides is 1. The van der Waals surface area contributed by atoms with E-state index in [2.05, 4.69) is 15.9 Å². The molecule has 2 nitrogen and oxygen atoms in total. The first-order chi connectivity index (χ1) is 9.12. The lowest BCUT2D eigenvalue weighted by Crippen LogP contribution is -2.14. The maximum atomic E-state index is 10.9. The molecule has 98 valence electrons. The Morgan fingerprint density at radius 3 is 2.32 bits per heavy atom. The number of benzene rings is 2. The number of hydrogen-bond acceptors (Lipinski definition) is 2. The summed E-state index contributed by atoms with van der Waals surface area (Å²) in [6.45, 7) is 2.36. The lowest BCUT2D eigenvalue weighted by Gasteiger charge is -2.15. The summed E-state index contributed by atoms with van der Waals surface area (Å²) in [6, 6.07) is 17.5. The maximum absolute atomic E-state index is 10.9. The Hall–Kier alpha value is -1.61. The molecule has 3 heteroatoms. The molecule has 2 rings (SSSR count). The van der Waals surface area contributed by atoms with E-state index in [1.807, 2.05) is 61.5 Å². The minimum absolute atomic E-state index is 0.541. The van der Waals surface area contributed by atoms with Gasteiger partial charge >= 0.3 is 0 Å². The van der Waals surface area contributed by atoms with Crippen LogP contribution in [0.4, 0.5) is 0 Å². The first-order valence-corrected chi connectivity index (χ1v) is 6.83. The number of ether oxygens (including phenoxy) is 1. The Labute approximate surface area is 121 Å². The summed E-state index contributed by atoms with van der Waals surface area (Å²) < 4.78 is 5.06. The number of hydrogen-bond donors (Lipinski definition) is 0. The standard InChI is InChI=1S/C16H15BrO2/c1-16(17,12-18)14-7-9-15(10-8-14)19-11-13-5-3-2-4-6-13/h2-10,12H,11H2,1H3. The molecule has 0 saturated heterocycles. The minimum atomic E-state index is -0.634. The molecule has 0 amide bonds. The lowest BCUT2D eigenvalue weighted by atomic mass is 10.0. The molecule has 0 aliphatic rings. The highest BCUT2D eigenvalue weighted by Crippen LogP contribution is 2.29. The second-order valence-electron chi connectivity index (χ2n) is 4.49. The molecular weight excluding hydrogens is 304 g/mol. The van der Waals surface area contributed by atoms with Gasteiger partial charge in [0.2, 0.25) is 0 Å². The fourth-order valence-corrected chi connectivity index (χ4v) is 1.95. The highest BCUT2D eigenvalue weighted by Gasteiger charge is 2.21. The van der Waals surface area contributed by atoms with Crippen LogP contribution in [0.1, 0.15) is 18.1 Å². The Bertz CT molecular complexity index is 532. The first-order valence-electron chi connectivity index (χ1n) is 6.04. The molecule has 2 aromatic carbocycles. The Morgan fingerprint density at radius 2 is 1.74 bits per heavy atom. The zero-order chi connectivity index (χ0) is 13.7. The Morgan fingerprint density at radius 1 is 1.11 bits per heavy atom. The van der Waals surface area contributed by atoms with Crippen molar-refractivity contribution in [3.8, 4) is 5.75 Å². The number of rotatable bonds is 5. The zero-order valence-electron chi connectivity index (χ0n) is 10.7. The normalized spacial score (nSPS) is 13.6. The third-order valence-corrected chi connectivity index (χ3v) is 3.53. The van der Waals surface area contributed by atoms with Crippen LogP contribution in [0.5, 0.6) is 5.75 Å². The van der Waals surface area contributed by atoms with E-state index in [0.29, 0.717) is 6.61 Å². The van der Waals surface area contributed by atoms with Gasteiger partial charge in [-0.25, -0.2) is 0 Å². The van der Waals surface area contributed by atoms with Crippen molar-refractivity contribution in [1.82, 2.24) is 0 Å². The highest BCUT2D eigenvalue weighted by atomic mass is 79.9. The van der Waals surface area contributed by atoms with E-state index >= 15 is 0 Å². The van der Waals surface area contributed by atoms with Crippen LogP contribution >= 0.6 is 15.9 Å². The maximum Gasteiger partial charge on any atom is 0.140 e. The summed E-state index contributed by atoms with van der Waals surface area (Å²) in [5.74, 6) is 0.793. The smallest absolute Gasteiger partial charge is 0.140 e. The molecule has 0 aliphatic heterocycles. The molecule has 0 heterocycles.